The van der Waals surface area contributed by atoms with Crippen LogP contribution >= 0.6 is 0 Å². The molecule has 0 aromatic heterocycles. The van der Waals surface area contributed by atoms with E-state index in [-0.39, 0.29) is 29.8 Å². The van der Waals surface area contributed by atoms with Crippen LogP contribution in [0.4, 0.5) is 5.69 Å². The molecule has 8 nitrogen and oxygen atoms in total. The second-order valence-electron chi connectivity index (χ2n) is 6.87. The SMILES string of the molecule is COc1ccc(S(=O)(=O)N2CCC(C(=O)Nc3ccc(C#N)cc3)CC2)cc1OC. The quantitative estimate of drug-likeness (QED) is 0.756. The monoisotopic (exact) mass is 429 g/mol. The zero-order valence-corrected chi connectivity index (χ0v) is 17.6. The number of benzene rings is 2. The van der Waals surface area contributed by atoms with E-state index in [0.717, 1.165) is 0 Å². The fourth-order valence-electron chi connectivity index (χ4n) is 3.36. The molecule has 158 valence electrons. The summed E-state index contributed by atoms with van der Waals surface area (Å²) < 4.78 is 37.7. The number of nitrogens with zero attached hydrogens (tertiary/aromatic N) is 2. The van der Waals surface area contributed by atoms with Crippen LogP contribution in [0.3, 0.4) is 0 Å². The first-order valence-corrected chi connectivity index (χ1v) is 10.9. The Labute approximate surface area is 176 Å². The van der Waals surface area contributed by atoms with Gasteiger partial charge in [-0.05, 0) is 49.2 Å². The Bertz CT molecular complexity index is 1050. The second-order valence-corrected chi connectivity index (χ2v) is 8.81. The number of carbonyl (C=O) groups excluding carboxylic acids is 1. The molecule has 1 heterocycles. The summed E-state index contributed by atoms with van der Waals surface area (Å²) in [6, 6.07) is 13.1. The predicted molar refractivity (Wildman–Crippen MR) is 111 cm³/mol. The summed E-state index contributed by atoms with van der Waals surface area (Å²) in [6.07, 6.45) is 0.850. The fourth-order valence-corrected chi connectivity index (χ4v) is 4.84. The van der Waals surface area contributed by atoms with Gasteiger partial charge in [-0.15, -0.1) is 0 Å². The molecule has 0 atom stereocenters. The first-order chi connectivity index (χ1) is 14.4. The lowest BCUT2D eigenvalue weighted by Crippen LogP contribution is -2.41. The highest BCUT2D eigenvalue weighted by Crippen LogP contribution is 2.32. The molecule has 9 heteroatoms. The summed E-state index contributed by atoms with van der Waals surface area (Å²) in [5.41, 5.74) is 1.13. The number of nitriles is 1. The number of hydrogen-bond donors (Lipinski definition) is 1. The molecule has 1 saturated heterocycles. The van der Waals surface area contributed by atoms with Crippen LogP contribution in [0.15, 0.2) is 47.4 Å². The Balaban J connectivity index is 1.64. The molecule has 0 aliphatic carbocycles. The van der Waals surface area contributed by atoms with E-state index in [1.54, 1.807) is 30.3 Å². The van der Waals surface area contributed by atoms with Gasteiger partial charge >= 0.3 is 0 Å². The fraction of sp³-hybridized carbons (Fsp3) is 0.333. The standard InChI is InChI=1S/C21H23N3O5S/c1-28-19-8-7-18(13-20(19)29-2)30(26,27)24-11-9-16(10-12-24)21(25)23-17-5-3-15(14-22)4-6-17/h3-8,13,16H,9-12H2,1-2H3,(H,23,25). The van der Waals surface area contributed by atoms with Gasteiger partial charge in [0, 0.05) is 30.8 Å². The number of hydrogen-bond acceptors (Lipinski definition) is 6. The topological polar surface area (TPSA) is 109 Å². The van der Waals surface area contributed by atoms with Crippen molar-refractivity contribution in [2.75, 3.05) is 32.6 Å². The molecule has 0 saturated carbocycles. The number of piperidine rings is 1. The van der Waals surface area contributed by atoms with Crippen LogP contribution in [-0.2, 0) is 14.8 Å². The van der Waals surface area contributed by atoms with Crippen molar-refractivity contribution in [3.05, 3.63) is 48.0 Å². The molecule has 2 aromatic carbocycles. The van der Waals surface area contributed by atoms with Crippen LogP contribution in [0.5, 0.6) is 11.5 Å². The molecule has 1 aliphatic heterocycles. The molecule has 1 aliphatic rings. The molecule has 3 rings (SSSR count). The Morgan fingerprint density at radius 1 is 1.07 bits per heavy atom. The molecule has 0 unspecified atom stereocenters. The Hall–Kier alpha value is -3.09. The number of rotatable bonds is 6. The summed E-state index contributed by atoms with van der Waals surface area (Å²) >= 11 is 0. The van der Waals surface area contributed by atoms with E-state index in [4.69, 9.17) is 14.7 Å². The molecule has 0 radical (unpaired) electrons. The van der Waals surface area contributed by atoms with Crippen molar-refractivity contribution in [3.8, 4) is 17.6 Å². The Morgan fingerprint density at radius 3 is 2.27 bits per heavy atom. The summed E-state index contributed by atoms with van der Waals surface area (Å²) in [5.74, 6) is 0.366. The van der Waals surface area contributed by atoms with Crippen LogP contribution in [0.2, 0.25) is 0 Å². The molecule has 1 amide bonds. The highest BCUT2D eigenvalue weighted by Gasteiger charge is 2.32. The minimum Gasteiger partial charge on any atom is -0.493 e. The van der Waals surface area contributed by atoms with E-state index < -0.39 is 10.0 Å². The number of sulfonamides is 1. The minimum absolute atomic E-state index is 0.126. The maximum absolute atomic E-state index is 13.0. The van der Waals surface area contributed by atoms with Gasteiger partial charge in [-0.1, -0.05) is 0 Å². The molecule has 30 heavy (non-hydrogen) atoms. The van der Waals surface area contributed by atoms with Crippen molar-refractivity contribution < 1.29 is 22.7 Å². The summed E-state index contributed by atoms with van der Waals surface area (Å²) in [6.45, 7) is 0.504. The first-order valence-electron chi connectivity index (χ1n) is 9.42. The molecule has 1 fully saturated rings. The molecule has 0 spiro atoms. The van der Waals surface area contributed by atoms with E-state index in [2.05, 4.69) is 5.32 Å². The highest BCUT2D eigenvalue weighted by atomic mass is 32.2. The van der Waals surface area contributed by atoms with Crippen LogP contribution in [-0.4, -0.2) is 45.9 Å². The van der Waals surface area contributed by atoms with Crippen LogP contribution in [0.25, 0.3) is 0 Å². The molecule has 1 N–H and O–H groups in total. The number of methoxy groups -OCH3 is 2. The van der Waals surface area contributed by atoms with Gasteiger partial charge in [0.25, 0.3) is 0 Å². The lowest BCUT2D eigenvalue weighted by molar-refractivity contribution is -0.120. The zero-order chi connectivity index (χ0) is 21.7. The maximum atomic E-state index is 13.0. The van der Waals surface area contributed by atoms with Gasteiger partial charge in [-0.3, -0.25) is 4.79 Å². The maximum Gasteiger partial charge on any atom is 0.243 e. The molecule has 2 aromatic rings. The van der Waals surface area contributed by atoms with Gasteiger partial charge in [0.05, 0.1) is 30.7 Å². The van der Waals surface area contributed by atoms with Gasteiger partial charge in [0.2, 0.25) is 15.9 Å². The Kier molecular flexibility index (Phi) is 6.59. The molecule has 0 bridgehead atoms. The third kappa shape index (κ3) is 4.56. The Morgan fingerprint density at radius 2 is 1.70 bits per heavy atom. The van der Waals surface area contributed by atoms with Crippen LogP contribution in [0, 0.1) is 17.2 Å². The number of carbonyl (C=O) groups is 1. The van der Waals surface area contributed by atoms with Gasteiger partial charge in [0.1, 0.15) is 0 Å². The lowest BCUT2D eigenvalue weighted by Gasteiger charge is -2.30. The molecular weight excluding hydrogens is 406 g/mol. The van der Waals surface area contributed by atoms with Crippen LogP contribution in [0.1, 0.15) is 18.4 Å². The van der Waals surface area contributed by atoms with Gasteiger partial charge in [-0.25, -0.2) is 8.42 Å². The smallest absolute Gasteiger partial charge is 0.243 e. The predicted octanol–water partition coefficient (Wildman–Crippen LogP) is 2.61. The molecular formula is C21H23N3O5S. The van der Waals surface area contributed by atoms with E-state index >= 15 is 0 Å². The second kappa shape index (κ2) is 9.15. The number of nitrogens with one attached hydrogen (secondary N) is 1. The van der Waals surface area contributed by atoms with E-state index in [9.17, 15) is 13.2 Å². The summed E-state index contributed by atoms with van der Waals surface area (Å²) in [7, 11) is -0.763. The summed E-state index contributed by atoms with van der Waals surface area (Å²) in [4.78, 5) is 12.7. The number of amides is 1. The van der Waals surface area contributed by atoms with E-state index in [0.29, 0.717) is 35.6 Å². The average molecular weight is 429 g/mol. The van der Waals surface area contributed by atoms with Crippen molar-refractivity contribution in [1.29, 1.82) is 5.26 Å². The first kappa shape index (κ1) is 21.6. The number of ether oxygens (including phenoxy) is 2. The van der Waals surface area contributed by atoms with Crippen molar-refractivity contribution >= 4 is 21.6 Å². The van der Waals surface area contributed by atoms with Crippen molar-refractivity contribution in [1.82, 2.24) is 4.31 Å². The highest BCUT2D eigenvalue weighted by molar-refractivity contribution is 7.89. The number of anilines is 1. The van der Waals surface area contributed by atoms with Gasteiger partial charge in [0.15, 0.2) is 11.5 Å². The zero-order valence-electron chi connectivity index (χ0n) is 16.8. The normalized spacial score (nSPS) is 15.2. The average Bonchev–Trinajstić information content (AvgIpc) is 2.79. The third-order valence-electron chi connectivity index (χ3n) is 5.10. The largest absolute Gasteiger partial charge is 0.493 e. The van der Waals surface area contributed by atoms with E-state index in [1.165, 1.54) is 30.7 Å². The third-order valence-corrected chi connectivity index (χ3v) is 6.99. The van der Waals surface area contributed by atoms with Gasteiger partial charge in [-0.2, -0.15) is 9.57 Å². The summed E-state index contributed by atoms with van der Waals surface area (Å²) in [5, 5.41) is 11.7. The van der Waals surface area contributed by atoms with Crippen LogP contribution < -0.4 is 14.8 Å². The van der Waals surface area contributed by atoms with Crippen molar-refractivity contribution in [2.45, 2.75) is 17.7 Å². The van der Waals surface area contributed by atoms with Crippen molar-refractivity contribution in [3.63, 3.8) is 0 Å². The minimum atomic E-state index is -3.70. The van der Waals surface area contributed by atoms with Crippen molar-refractivity contribution in [2.24, 2.45) is 5.92 Å². The van der Waals surface area contributed by atoms with E-state index in [1.807, 2.05) is 6.07 Å². The lowest BCUT2D eigenvalue weighted by atomic mass is 9.97. The van der Waals surface area contributed by atoms with Gasteiger partial charge < -0.3 is 14.8 Å².